The number of nitrogens with zero attached hydrogens (tertiary/aromatic N) is 1. The molecule has 0 bridgehead atoms. The molecule has 0 fully saturated rings. The monoisotopic (exact) mass is 252 g/mol. The SMILES string of the molecule is Cc1ccc(OCCOC(C)(C)C)c(CCN)n1. The summed E-state index contributed by atoms with van der Waals surface area (Å²) in [6, 6.07) is 3.89. The zero-order valence-corrected chi connectivity index (χ0v) is 11.8. The van der Waals surface area contributed by atoms with Crippen LogP contribution in [0.5, 0.6) is 5.75 Å². The van der Waals surface area contributed by atoms with E-state index in [-0.39, 0.29) is 5.60 Å². The number of rotatable bonds is 6. The zero-order chi connectivity index (χ0) is 13.6. The van der Waals surface area contributed by atoms with E-state index >= 15 is 0 Å². The van der Waals surface area contributed by atoms with Gasteiger partial charge in [0, 0.05) is 12.1 Å². The number of nitrogens with two attached hydrogens (primary N) is 1. The minimum atomic E-state index is -0.130. The molecule has 0 saturated carbocycles. The largest absolute Gasteiger partial charge is 0.489 e. The van der Waals surface area contributed by atoms with Gasteiger partial charge < -0.3 is 15.2 Å². The van der Waals surface area contributed by atoms with Crippen molar-refractivity contribution in [3.63, 3.8) is 0 Å². The van der Waals surface area contributed by atoms with Crippen LogP contribution in [0.15, 0.2) is 12.1 Å². The summed E-state index contributed by atoms with van der Waals surface area (Å²) >= 11 is 0. The Bertz CT molecular complexity index is 373. The molecule has 0 aliphatic carbocycles. The second-order valence-corrected chi connectivity index (χ2v) is 5.25. The van der Waals surface area contributed by atoms with Crippen molar-refractivity contribution in [3.05, 3.63) is 23.5 Å². The van der Waals surface area contributed by atoms with Crippen molar-refractivity contribution in [1.82, 2.24) is 4.98 Å². The molecule has 0 aliphatic heterocycles. The van der Waals surface area contributed by atoms with Crippen LogP contribution in [0.25, 0.3) is 0 Å². The topological polar surface area (TPSA) is 57.4 Å². The van der Waals surface area contributed by atoms with Crippen molar-refractivity contribution >= 4 is 0 Å². The fourth-order valence-electron chi connectivity index (χ4n) is 1.54. The van der Waals surface area contributed by atoms with Crippen LogP contribution in [0, 0.1) is 6.92 Å². The first-order chi connectivity index (χ1) is 8.42. The molecule has 1 aromatic rings. The number of aromatic nitrogens is 1. The first-order valence-electron chi connectivity index (χ1n) is 6.36. The lowest BCUT2D eigenvalue weighted by molar-refractivity contribution is -0.0164. The van der Waals surface area contributed by atoms with Gasteiger partial charge in [0.15, 0.2) is 0 Å². The van der Waals surface area contributed by atoms with Gasteiger partial charge in [-0.3, -0.25) is 4.98 Å². The molecule has 4 heteroatoms. The second kappa shape index (κ2) is 6.71. The van der Waals surface area contributed by atoms with Crippen molar-refractivity contribution in [3.8, 4) is 5.75 Å². The summed E-state index contributed by atoms with van der Waals surface area (Å²) in [7, 11) is 0. The van der Waals surface area contributed by atoms with Crippen LogP contribution in [-0.2, 0) is 11.2 Å². The summed E-state index contributed by atoms with van der Waals surface area (Å²) in [4.78, 5) is 4.44. The fraction of sp³-hybridized carbons (Fsp3) is 0.643. The molecule has 102 valence electrons. The quantitative estimate of drug-likeness (QED) is 0.788. The fourth-order valence-corrected chi connectivity index (χ4v) is 1.54. The second-order valence-electron chi connectivity index (χ2n) is 5.25. The lowest BCUT2D eigenvalue weighted by atomic mass is 10.2. The van der Waals surface area contributed by atoms with Gasteiger partial charge in [-0.2, -0.15) is 0 Å². The van der Waals surface area contributed by atoms with Crippen LogP contribution < -0.4 is 10.5 Å². The molecule has 0 aromatic carbocycles. The Morgan fingerprint density at radius 3 is 2.56 bits per heavy atom. The number of ether oxygens (including phenoxy) is 2. The van der Waals surface area contributed by atoms with E-state index in [9.17, 15) is 0 Å². The predicted octanol–water partition coefficient (Wildman–Crippen LogP) is 2.09. The van der Waals surface area contributed by atoms with E-state index in [1.54, 1.807) is 0 Å². The minimum Gasteiger partial charge on any atom is -0.489 e. The number of pyridine rings is 1. The maximum Gasteiger partial charge on any atom is 0.140 e. The maximum absolute atomic E-state index is 5.70. The minimum absolute atomic E-state index is 0.130. The molecule has 2 N–H and O–H groups in total. The Hall–Kier alpha value is -1.13. The molecule has 0 unspecified atom stereocenters. The van der Waals surface area contributed by atoms with Crippen molar-refractivity contribution in [1.29, 1.82) is 0 Å². The van der Waals surface area contributed by atoms with E-state index in [1.807, 2.05) is 39.8 Å². The van der Waals surface area contributed by atoms with E-state index in [4.69, 9.17) is 15.2 Å². The third-order valence-electron chi connectivity index (χ3n) is 2.33. The highest BCUT2D eigenvalue weighted by Gasteiger charge is 2.10. The van der Waals surface area contributed by atoms with Gasteiger partial charge in [0.1, 0.15) is 12.4 Å². The van der Waals surface area contributed by atoms with E-state index in [1.165, 1.54) is 0 Å². The molecule has 4 nitrogen and oxygen atoms in total. The van der Waals surface area contributed by atoms with Gasteiger partial charge in [0.2, 0.25) is 0 Å². The van der Waals surface area contributed by atoms with Gasteiger partial charge in [-0.25, -0.2) is 0 Å². The van der Waals surface area contributed by atoms with Gasteiger partial charge in [0.05, 0.1) is 17.9 Å². The highest BCUT2D eigenvalue weighted by atomic mass is 16.5. The average Bonchev–Trinajstić information content (AvgIpc) is 2.26. The molecule has 0 aliphatic rings. The van der Waals surface area contributed by atoms with Crippen molar-refractivity contribution in [2.24, 2.45) is 5.73 Å². The van der Waals surface area contributed by atoms with Crippen LogP contribution in [0.4, 0.5) is 0 Å². The standard InChI is InChI=1S/C14H24N2O2/c1-11-5-6-13(12(16-11)7-8-15)17-9-10-18-14(2,3)4/h5-6H,7-10,15H2,1-4H3. The van der Waals surface area contributed by atoms with Crippen molar-refractivity contribution in [2.75, 3.05) is 19.8 Å². The molecule has 1 rings (SSSR count). The molecule has 0 atom stereocenters. The Kier molecular flexibility index (Phi) is 5.56. The van der Waals surface area contributed by atoms with Crippen molar-refractivity contribution < 1.29 is 9.47 Å². The van der Waals surface area contributed by atoms with Gasteiger partial charge in [-0.15, -0.1) is 0 Å². The highest BCUT2D eigenvalue weighted by molar-refractivity contribution is 5.29. The molecule has 0 radical (unpaired) electrons. The van der Waals surface area contributed by atoms with Gasteiger partial charge in [-0.05, 0) is 46.4 Å². The Morgan fingerprint density at radius 2 is 1.94 bits per heavy atom. The van der Waals surface area contributed by atoms with Crippen LogP contribution in [0.1, 0.15) is 32.2 Å². The molecular formula is C14H24N2O2. The van der Waals surface area contributed by atoms with Crippen molar-refractivity contribution in [2.45, 2.75) is 39.7 Å². The predicted molar refractivity (Wildman–Crippen MR) is 72.9 cm³/mol. The zero-order valence-electron chi connectivity index (χ0n) is 11.8. The van der Waals surface area contributed by atoms with E-state index in [0.717, 1.165) is 23.6 Å². The van der Waals surface area contributed by atoms with E-state index < -0.39 is 0 Å². The molecule has 0 amide bonds. The normalized spacial score (nSPS) is 11.6. The molecular weight excluding hydrogens is 228 g/mol. The molecule has 18 heavy (non-hydrogen) atoms. The van der Waals surface area contributed by atoms with Crippen LogP contribution >= 0.6 is 0 Å². The van der Waals surface area contributed by atoms with Crippen LogP contribution in [-0.4, -0.2) is 30.3 Å². The van der Waals surface area contributed by atoms with E-state index in [0.29, 0.717) is 19.8 Å². The maximum atomic E-state index is 5.70. The number of hydrogen-bond donors (Lipinski definition) is 1. The summed E-state index contributed by atoms with van der Waals surface area (Å²) in [5, 5.41) is 0. The summed E-state index contributed by atoms with van der Waals surface area (Å²) in [6.07, 6.45) is 0.733. The van der Waals surface area contributed by atoms with Crippen LogP contribution in [0.3, 0.4) is 0 Å². The Labute approximate surface area is 110 Å². The molecule has 1 heterocycles. The number of aryl methyl sites for hydroxylation is 1. The van der Waals surface area contributed by atoms with Crippen LogP contribution in [0.2, 0.25) is 0 Å². The molecule has 1 aromatic heterocycles. The number of hydrogen-bond acceptors (Lipinski definition) is 4. The molecule has 0 saturated heterocycles. The summed E-state index contributed by atoms with van der Waals surface area (Å²) in [5.74, 6) is 0.809. The smallest absolute Gasteiger partial charge is 0.140 e. The summed E-state index contributed by atoms with van der Waals surface area (Å²) < 4.78 is 11.3. The third kappa shape index (κ3) is 5.47. The van der Waals surface area contributed by atoms with Gasteiger partial charge >= 0.3 is 0 Å². The average molecular weight is 252 g/mol. The first-order valence-corrected chi connectivity index (χ1v) is 6.36. The lowest BCUT2D eigenvalue weighted by Gasteiger charge is -2.19. The lowest BCUT2D eigenvalue weighted by Crippen LogP contribution is -2.22. The summed E-state index contributed by atoms with van der Waals surface area (Å²) in [5.41, 5.74) is 7.35. The Balaban J connectivity index is 2.51. The van der Waals surface area contributed by atoms with Gasteiger partial charge in [0.25, 0.3) is 0 Å². The summed E-state index contributed by atoms with van der Waals surface area (Å²) in [6.45, 7) is 9.72. The van der Waals surface area contributed by atoms with Gasteiger partial charge in [-0.1, -0.05) is 0 Å². The molecule has 0 spiro atoms. The van der Waals surface area contributed by atoms with E-state index in [2.05, 4.69) is 4.98 Å². The highest BCUT2D eigenvalue weighted by Crippen LogP contribution is 2.17. The third-order valence-corrected chi connectivity index (χ3v) is 2.33. The first kappa shape index (κ1) is 14.9. The Morgan fingerprint density at radius 1 is 1.22 bits per heavy atom.